The summed E-state index contributed by atoms with van der Waals surface area (Å²) in [5, 5.41) is 12.5. The Morgan fingerprint density at radius 2 is 2.05 bits per heavy atom. The molecule has 1 aromatic carbocycles. The number of amides is 1. The Morgan fingerprint density at radius 3 is 2.77 bits per heavy atom. The summed E-state index contributed by atoms with van der Waals surface area (Å²) in [5.41, 5.74) is 2.29. The molecule has 0 fully saturated rings. The third kappa shape index (κ3) is 4.01. The Kier molecular flexibility index (Phi) is 6.25. The largest absolute Gasteiger partial charge is 0.394 e. The first-order valence-corrected chi connectivity index (χ1v) is 8.39. The molecule has 2 N–H and O–H groups in total. The van der Waals surface area contributed by atoms with Crippen LogP contribution in [-0.2, 0) is 11.2 Å². The molecular formula is C18H28N2O2. The number of anilines is 1. The number of hydrogen-bond acceptors (Lipinski definition) is 3. The summed E-state index contributed by atoms with van der Waals surface area (Å²) >= 11 is 0. The van der Waals surface area contributed by atoms with E-state index in [0.717, 1.165) is 18.5 Å². The van der Waals surface area contributed by atoms with Gasteiger partial charge in [-0.2, -0.15) is 0 Å². The molecule has 22 heavy (non-hydrogen) atoms. The molecule has 4 nitrogen and oxygen atoms in total. The lowest BCUT2D eigenvalue weighted by Crippen LogP contribution is -2.52. The van der Waals surface area contributed by atoms with Crippen molar-refractivity contribution in [1.29, 1.82) is 0 Å². The average molecular weight is 304 g/mol. The fraction of sp³-hybridized carbons (Fsp3) is 0.611. The van der Waals surface area contributed by atoms with Crippen molar-refractivity contribution in [2.75, 3.05) is 18.6 Å². The van der Waals surface area contributed by atoms with Crippen LogP contribution >= 0.6 is 0 Å². The summed E-state index contributed by atoms with van der Waals surface area (Å²) in [6.07, 6.45) is 6.16. The van der Waals surface area contributed by atoms with Crippen molar-refractivity contribution in [3.8, 4) is 0 Å². The van der Waals surface area contributed by atoms with E-state index >= 15 is 0 Å². The van der Waals surface area contributed by atoms with Gasteiger partial charge in [-0.1, -0.05) is 50.8 Å². The second-order valence-corrected chi connectivity index (χ2v) is 6.20. The monoisotopic (exact) mass is 304 g/mol. The SMILES string of the molecule is CCCCCC[C@H]1C(=O)N[C@H](CO)Cc2ccccc2N1C. The van der Waals surface area contributed by atoms with E-state index in [9.17, 15) is 9.90 Å². The van der Waals surface area contributed by atoms with Crippen LogP contribution in [0, 0.1) is 0 Å². The topological polar surface area (TPSA) is 52.6 Å². The summed E-state index contributed by atoms with van der Waals surface area (Å²) in [5.74, 6) is 0.0348. The minimum Gasteiger partial charge on any atom is -0.394 e. The van der Waals surface area contributed by atoms with E-state index < -0.39 is 0 Å². The van der Waals surface area contributed by atoms with Crippen molar-refractivity contribution in [3.05, 3.63) is 29.8 Å². The lowest BCUT2D eigenvalue weighted by atomic mass is 9.97. The number of unbranched alkanes of at least 4 members (excludes halogenated alkanes) is 3. The van der Waals surface area contributed by atoms with Crippen molar-refractivity contribution in [2.45, 2.75) is 57.5 Å². The molecule has 2 atom stereocenters. The number of hydrogen-bond donors (Lipinski definition) is 2. The van der Waals surface area contributed by atoms with Crippen LogP contribution in [0.4, 0.5) is 5.69 Å². The van der Waals surface area contributed by atoms with Gasteiger partial charge in [0.05, 0.1) is 12.6 Å². The highest BCUT2D eigenvalue weighted by atomic mass is 16.3. The summed E-state index contributed by atoms with van der Waals surface area (Å²) in [6.45, 7) is 2.17. The number of aliphatic hydroxyl groups is 1. The molecule has 0 unspecified atom stereocenters. The Morgan fingerprint density at radius 1 is 1.27 bits per heavy atom. The zero-order valence-corrected chi connectivity index (χ0v) is 13.7. The standard InChI is InChI=1S/C18H28N2O2/c1-3-4-5-6-11-17-18(22)19-15(13-21)12-14-9-7-8-10-16(14)20(17)2/h7-10,15,17,21H,3-6,11-13H2,1-2H3,(H,19,22)/t15-,17-/m0/s1. The highest BCUT2D eigenvalue weighted by Gasteiger charge is 2.29. The molecule has 122 valence electrons. The number of rotatable bonds is 6. The summed E-state index contributed by atoms with van der Waals surface area (Å²) < 4.78 is 0. The third-order valence-electron chi connectivity index (χ3n) is 4.51. The first-order valence-electron chi connectivity index (χ1n) is 8.39. The van der Waals surface area contributed by atoms with Gasteiger partial charge in [0.25, 0.3) is 0 Å². The fourth-order valence-electron chi connectivity index (χ4n) is 3.18. The molecule has 0 saturated heterocycles. The van der Waals surface area contributed by atoms with Gasteiger partial charge in [0.1, 0.15) is 6.04 Å². The van der Waals surface area contributed by atoms with E-state index in [4.69, 9.17) is 0 Å². The molecule has 1 heterocycles. The lowest BCUT2D eigenvalue weighted by Gasteiger charge is -2.35. The van der Waals surface area contributed by atoms with Gasteiger partial charge in [0.15, 0.2) is 0 Å². The van der Waals surface area contributed by atoms with Crippen LogP contribution in [0.25, 0.3) is 0 Å². The highest BCUT2D eigenvalue weighted by molar-refractivity contribution is 5.86. The normalized spacial score (nSPS) is 21.8. The molecule has 0 bridgehead atoms. The number of nitrogens with zero attached hydrogens (tertiary/aromatic N) is 1. The predicted octanol–water partition coefficient (Wildman–Crippen LogP) is 2.50. The molecule has 0 saturated carbocycles. The van der Waals surface area contributed by atoms with Gasteiger partial charge in [-0.25, -0.2) is 0 Å². The van der Waals surface area contributed by atoms with Crippen molar-refractivity contribution in [3.63, 3.8) is 0 Å². The minimum atomic E-state index is -0.194. The number of benzene rings is 1. The molecule has 1 aromatic rings. The molecular weight excluding hydrogens is 276 g/mol. The molecule has 0 spiro atoms. The second kappa shape index (κ2) is 8.18. The number of nitrogens with one attached hydrogen (secondary N) is 1. The van der Waals surface area contributed by atoms with Crippen LogP contribution < -0.4 is 10.2 Å². The first-order chi connectivity index (χ1) is 10.7. The number of para-hydroxylation sites is 1. The van der Waals surface area contributed by atoms with Crippen LogP contribution in [0.5, 0.6) is 0 Å². The number of carbonyl (C=O) groups excluding carboxylic acids is 1. The van der Waals surface area contributed by atoms with Gasteiger partial charge in [0, 0.05) is 12.7 Å². The Bertz CT molecular complexity index is 490. The summed E-state index contributed by atoms with van der Waals surface area (Å²) in [7, 11) is 2.00. The number of aliphatic hydroxyl groups excluding tert-OH is 1. The maximum Gasteiger partial charge on any atom is 0.242 e. The molecule has 0 aromatic heterocycles. The van der Waals surface area contributed by atoms with Gasteiger partial charge < -0.3 is 15.3 Å². The molecule has 1 aliphatic rings. The van der Waals surface area contributed by atoms with E-state index in [1.165, 1.54) is 24.8 Å². The van der Waals surface area contributed by atoms with Crippen LogP contribution in [0.15, 0.2) is 24.3 Å². The zero-order chi connectivity index (χ0) is 15.9. The average Bonchev–Trinajstić information content (AvgIpc) is 2.53. The Hall–Kier alpha value is -1.55. The van der Waals surface area contributed by atoms with Gasteiger partial charge in [-0.15, -0.1) is 0 Å². The number of fused-ring (bicyclic) bond motifs is 1. The van der Waals surface area contributed by atoms with Crippen LogP contribution in [0.3, 0.4) is 0 Å². The van der Waals surface area contributed by atoms with Crippen LogP contribution in [0.1, 0.15) is 44.6 Å². The zero-order valence-electron chi connectivity index (χ0n) is 13.7. The van der Waals surface area contributed by atoms with Gasteiger partial charge in [0.2, 0.25) is 5.91 Å². The summed E-state index contributed by atoms with van der Waals surface area (Å²) in [6, 6.07) is 7.83. The maximum absolute atomic E-state index is 12.6. The minimum absolute atomic E-state index is 0.0215. The molecule has 1 aliphatic heterocycles. The summed E-state index contributed by atoms with van der Waals surface area (Å²) in [4.78, 5) is 14.7. The highest BCUT2D eigenvalue weighted by Crippen LogP contribution is 2.26. The predicted molar refractivity (Wildman–Crippen MR) is 90.1 cm³/mol. The van der Waals surface area contributed by atoms with Crippen molar-refractivity contribution in [2.24, 2.45) is 0 Å². The van der Waals surface area contributed by atoms with E-state index in [2.05, 4.69) is 29.3 Å². The van der Waals surface area contributed by atoms with Crippen molar-refractivity contribution < 1.29 is 9.90 Å². The Labute approximate surface area is 133 Å². The molecule has 4 heteroatoms. The van der Waals surface area contributed by atoms with E-state index in [1.807, 2.05) is 19.2 Å². The van der Waals surface area contributed by atoms with Gasteiger partial charge >= 0.3 is 0 Å². The quantitative estimate of drug-likeness (QED) is 0.794. The Balaban J connectivity index is 2.19. The van der Waals surface area contributed by atoms with Gasteiger partial charge in [-0.3, -0.25) is 4.79 Å². The molecule has 0 aliphatic carbocycles. The molecule has 2 rings (SSSR count). The van der Waals surface area contributed by atoms with E-state index in [0.29, 0.717) is 6.42 Å². The van der Waals surface area contributed by atoms with Crippen molar-refractivity contribution in [1.82, 2.24) is 5.32 Å². The second-order valence-electron chi connectivity index (χ2n) is 6.20. The lowest BCUT2D eigenvalue weighted by molar-refractivity contribution is -0.123. The third-order valence-corrected chi connectivity index (χ3v) is 4.51. The smallest absolute Gasteiger partial charge is 0.242 e. The number of likely N-dealkylation sites (N-methyl/N-ethyl adjacent to an activating group) is 1. The van der Waals surface area contributed by atoms with Gasteiger partial charge in [-0.05, 0) is 24.5 Å². The molecule has 1 amide bonds. The van der Waals surface area contributed by atoms with E-state index in [-0.39, 0.29) is 24.6 Å². The van der Waals surface area contributed by atoms with Crippen LogP contribution in [0.2, 0.25) is 0 Å². The van der Waals surface area contributed by atoms with Crippen molar-refractivity contribution >= 4 is 11.6 Å². The number of carbonyl (C=O) groups is 1. The maximum atomic E-state index is 12.6. The molecule has 0 radical (unpaired) electrons. The fourth-order valence-corrected chi connectivity index (χ4v) is 3.18. The first kappa shape index (κ1) is 16.8. The van der Waals surface area contributed by atoms with Crippen LogP contribution in [-0.4, -0.2) is 36.8 Å². The van der Waals surface area contributed by atoms with E-state index in [1.54, 1.807) is 0 Å².